The van der Waals surface area contributed by atoms with Crippen molar-refractivity contribution >= 4 is 27.8 Å². The summed E-state index contributed by atoms with van der Waals surface area (Å²) in [7, 11) is 3.28. The van der Waals surface area contributed by atoms with Crippen LogP contribution in [0.5, 0.6) is 5.75 Å². The van der Waals surface area contributed by atoms with Gasteiger partial charge in [-0.25, -0.2) is 15.0 Å². The van der Waals surface area contributed by atoms with Gasteiger partial charge in [-0.3, -0.25) is 4.79 Å². The van der Waals surface area contributed by atoms with E-state index in [0.29, 0.717) is 22.7 Å². The van der Waals surface area contributed by atoms with E-state index in [1.54, 1.807) is 20.2 Å². The maximum atomic E-state index is 12.5. The molecule has 0 spiro atoms. The van der Waals surface area contributed by atoms with Crippen molar-refractivity contribution in [2.45, 2.75) is 38.8 Å². The van der Waals surface area contributed by atoms with Crippen LogP contribution in [0, 0.1) is 0 Å². The maximum absolute atomic E-state index is 12.5. The number of nitrogens with one attached hydrogen (secondary N) is 1. The topological polar surface area (TPSA) is 85.2 Å². The lowest BCUT2D eigenvalue weighted by Crippen LogP contribution is -2.44. The molecule has 8 nitrogen and oxygen atoms in total. The van der Waals surface area contributed by atoms with Crippen LogP contribution in [-0.4, -0.2) is 51.3 Å². The quantitative estimate of drug-likeness (QED) is 0.501. The van der Waals surface area contributed by atoms with Crippen molar-refractivity contribution < 1.29 is 4.74 Å². The molecular formula is C26H30N6O2. The summed E-state index contributed by atoms with van der Waals surface area (Å²) >= 11 is 0. The number of hydrogen-bond acceptors (Lipinski definition) is 7. The zero-order valence-corrected chi connectivity index (χ0v) is 20.3. The van der Waals surface area contributed by atoms with Gasteiger partial charge in [0.15, 0.2) is 0 Å². The van der Waals surface area contributed by atoms with Gasteiger partial charge in [0.2, 0.25) is 0 Å². The summed E-state index contributed by atoms with van der Waals surface area (Å²) < 4.78 is 7.06. The predicted octanol–water partition coefficient (Wildman–Crippen LogP) is 3.52. The molecular weight excluding hydrogens is 428 g/mol. The second-order valence-corrected chi connectivity index (χ2v) is 9.96. The van der Waals surface area contributed by atoms with Crippen molar-refractivity contribution in [3.63, 3.8) is 0 Å². The number of benzene rings is 1. The van der Waals surface area contributed by atoms with Gasteiger partial charge < -0.3 is 19.5 Å². The van der Waals surface area contributed by atoms with Gasteiger partial charge >= 0.3 is 0 Å². The van der Waals surface area contributed by atoms with Crippen molar-refractivity contribution in [2.75, 3.05) is 25.1 Å². The first-order chi connectivity index (χ1) is 16.2. The lowest BCUT2D eigenvalue weighted by Gasteiger charge is -2.26. The molecule has 0 bridgehead atoms. The van der Waals surface area contributed by atoms with Crippen LogP contribution in [0.25, 0.3) is 33.2 Å². The second kappa shape index (κ2) is 8.36. The zero-order valence-electron chi connectivity index (χ0n) is 20.3. The monoisotopic (exact) mass is 458 g/mol. The number of aryl methyl sites for hydroxylation is 1. The average Bonchev–Trinajstić information content (AvgIpc) is 3.27. The minimum Gasteiger partial charge on any atom is -0.496 e. The standard InChI is InChI=1S/C26H30N6O2/c1-26(2,3)30-16-10-11-32(14-16)24-9-8-20-21(29-24)7-6-19(28-20)17-12-22-18(13-23(17)34-5)25(33)31(4)15-27-22/h6-9,12-13,15-16,30H,10-11,14H2,1-5H3. The number of aromatic nitrogens is 4. The number of nitrogens with zero attached hydrogens (tertiary/aromatic N) is 5. The van der Waals surface area contributed by atoms with Crippen LogP contribution in [0.1, 0.15) is 27.2 Å². The van der Waals surface area contributed by atoms with Gasteiger partial charge in [-0.2, -0.15) is 0 Å². The van der Waals surface area contributed by atoms with E-state index < -0.39 is 0 Å². The first-order valence-electron chi connectivity index (χ1n) is 11.6. The van der Waals surface area contributed by atoms with Crippen LogP contribution < -0.4 is 20.5 Å². The van der Waals surface area contributed by atoms with E-state index >= 15 is 0 Å². The summed E-state index contributed by atoms with van der Waals surface area (Å²) in [6.45, 7) is 8.54. The van der Waals surface area contributed by atoms with E-state index in [9.17, 15) is 4.79 Å². The Hall–Kier alpha value is -3.52. The van der Waals surface area contributed by atoms with E-state index in [-0.39, 0.29) is 11.1 Å². The lowest BCUT2D eigenvalue weighted by atomic mass is 10.1. The first-order valence-corrected chi connectivity index (χ1v) is 11.6. The molecule has 0 saturated carbocycles. The number of anilines is 1. The largest absolute Gasteiger partial charge is 0.496 e. The highest BCUT2D eigenvalue weighted by atomic mass is 16.5. The number of hydrogen-bond donors (Lipinski definition) is 1. The molecule has 176 valence electrons. The molecule has 0 aliphatic carbocycles. The lowest BCUT2D eigenvalue weighted by molar-refractivity contribution is 0.373. The number of fused-ring (bicyclic) bond motifs is 2. The maximum Gasteiger partial charge on any atom is 0.261 e. The van der Waals surface area contributed by atoms with Crippen LogP contribution >= 0.6 is 0 Å². The highest BCUT2D eigenvalue weighted by Crippen LogP contribution is 2.33. The van der Waals surface area contributed by atoms with E-state index in [1.807, 2.05) is 30.3 Å². The van der Waals surface area contributed by atoms with Crippen LogP contribution in [-0.2, 0) is 7.05 Å². The molecule has 1 aromatic carbocycles. The van der Waals surface area contributed by atoms with Gasteiger partial charge in [-0.1, -0.05) is 0 Å². The number of methoxy groups -OCH3 is 1. The highest BCUT2D eigenvalue weighted by molar-refractivity contribution is 5.88. The van der Waals surface area contributed by atoms with Crippen molar-refractivity contribution in [3.05, 3.63) is 53.1 Å². The molecule has 1 atom stereocenters. The van der Waals surface area contributed by atoms with Gasteiger partial charge in [-0.05, 0) is 63.6 Å². The normalized spacial score (nSPS) is 16.5. The Balaban J connectivity index is 1.47. The summed E-state index contributed by atoms with van der Waals surface area (Å²) in [5.74, 6) is 1.56. The fraction of sp³-hybridized carbons (Fsp3) is 0.385. The molecule has 1 aliphatic heterocycles. The average molecular weight is 459 g/mol. The Labute approximate surface area is 198 Å². The van der Waals surface area contributed by atoms with E-state index in [4.69, 9.17) is 14.7 Å². The summed E-state index contributed by atoms with van der Waals surface area (Å²) in [5.41, 5.74) is 3.80. The molecule has 4 aromatic rings. The molecule has 0 radical (unpaired) electrons. The summed E-state index contributed by atoms with van der Waals surface area (Å²) in [6.07, 6.45) is 2.63. The second-order valence-electron chi connectivity index (χ2n) is 9.96. The van der Waals surface area contributed by atoms with Crippen molar-refractivity contribution in [2.24, 2.45) is 7.05 Å². The molecule has 4 heterocycles. The summed E-state index contributed by atoms with van der Waals surface area (Å²) in [6, 6.07) is 12.1. The van der Waals surface area contributed by atoms with E-state index in [2.05, 4.69) is 36.0 Å². The van der Waals surface area contributed by atoms with Gasteiger partial charge in [0.1, 0.15) is 11.6 Å². The molecule has 1 saturated heterocycles. The van der Waals surface area contributed by atoms with Crippen molar-refractivity contribution in [3.8, 4) is 17.0 Å². The van der Waals surface area contributed by atoms with Gasteiger partial charge in [0.25, 0.3) is 5.56 Å². The number of ether oxygens (including phenoxy) is 1. The summed E-state index contributed by atoms with van der Waals surface area (Å²) in [4.78, 5) is 29.0. The van der Waals surface area contributed by atoms with Crippen molar-refractivity contribution in [1.29, 1.82) is 0 Å². The zero-order chi connectivity index (χ0) is 24.0. The Morgan fingerprint density at radius 1 is 1.06 bits per heavy atom. The fourth-order valence-electron chi connectivity index (χ4n) is 4.63. The van der Waals surface area contributed by atoms with Crippen molar-refractivity contribution in [1.82, 2.24) is 24.8 Å². The van der Waals surface area contributed by atoms with Crippen LogP contribution in [0.2, 0.25) is 0 Å². The minimum absolute atomic E-state index is 0.101. The Bertz CT molecular complexity index is 1440. The first kappa shape index (κ1) is 22.3. The third kappa shape index (κ3) is 4.21. The fourth-order valence-corrected chi connectivity index (χ4v) is 4.63. The number of rotatable bonds is 4. The smallest absolute Gasteiger partial charge is 0.261 e. The molecule has 0 amide bonds. The SMILES string of the molecule is COc1cc2c(=O)n(C)cnc2cc1-c1ccc2nc(N3CCC(NC(C)(C)C)C3)ccc2n1. The molecule has 3 aromatic heterocycles. The third-order valence-electron chi connectivity index (χ3n) is 6.19. The van der Waals surface area contributed by atoms with Crippen LogP contribution in [0.15, 0.2) is 47.5 Å². The van der Waals surface area contributed by atoms with E-state index in [1.165, 1.54) is 10.9 Å². The van der Waals surface area contributed by atoms with Crippen LogP contribution in [0.4, 0.5) is 5.82 Å². The van der Waals surface area contributed by atoms with Gasteiger partial charge in [0, 0.05) is 37.3 Å². The molecule has 5 rings (SSSR count). The van der Waals surface area contributed by atoms with Crippen LogP contribution in [0.3, 0.4) is 0 Å². The van der Waals surface area contributed by atoms with Gasteiger partial charge in [0.05, 0.1) is 41.1 Å². The highest BCUT2D eigenvalue weighted by Gasteiger charge is 2.26. The molecule has 1 N–H and O–H groups in total. The Morgan fingerprint density at radius 3 is 2.59 bits per heavy atom. The molecule has 1 aliphatic rings. The molecule has 1 unspecified atom stereocenters. The number of pyridine rings is 2. The molecule has 8 heteroatoms. The Kier molecular flexibility index (Phi) is 5.48. The molecule has 1 fully saturated rings. The molecule has 34 heavy (non-hydrogen) atoms. The minimum atomic E-state index is -0.111. The summed E-state index contributed by atoms with van der Waals surface area (Å²) in [5, 5.41) is 4.21. The van der Waals surface area contributed by atoms with E-state index in [0.717, 1.165) is 47.6 Å². The Morgan fingerprint density at radius 2 is 1.82 bits per heavy atom. The predicted molar refractivity (Wildman–Crippen MR) is 136 cm³/mol. The van der Waals surface area contributed by atoms with Gasteiger partial charge in [-0.15, -0.1) is 0 Å². The third-order valence-corrected chi connectivity index (χ3v) is 6.19.